The van der Waals surface area contributed by atoms with Gasteiger partial charge in [-0.3, -0.25) is 4.68 Å². The predicted octanol–water partition coefficient (Wildman–Crippen LogP) is 4.82. The van der Waals surface area contributed by atoms with Crippen molar-refractivity contribution in [3.05, 3.63) is 77.8 Å². The number of hydrogen-bond acceptors (Lipinski definition) is 7. The van der Waals surface area contributed by atoms with E-state index >= 15 is 0 Å². The molecule has 0 radical (unpaired) electrons. The minimum atomic E-state index is -0.309. The third-order valence-corrected chi connectivity index (χ3v) is 5.89. The van der Waals surface area contributed by atoms with Gasteiger partial charge in [-0.15, -0.1) is 10.2 Å². The second-order valence-electron chi connectivity index (χ2n) is 7.93. The Balaban J connectivity index is 1.34. The molecular weight excluding hydrogens is 454 g/mol. The van der Waals surface area contributed by atoms with Gasteiger partial charge >= 0.3 is 0 Å². The van der Waals surface area contributed by atoms with E-state index in [9.17, 15) is 0 Å². The number of rotatable bonds is 5. The fourth-order valence-corrected chi connectivity index (χ4v) is 4.19. The molecule has 170 valence electrons. The van der Waals surface area contributed by atoms with Crippen molar-refractivity contribution in [3.8, 4) is 22.8 Å². The SMILES string of the molecule is Cn1nccc1Nc1cc(-c2cc3n4c(nnc4c2)C(Oc2cccc(Cl)c2)CCO3)ccn1. The first-order valence-electron chi connectivity index (χ1n) is 10.8. The molecule has 5 aromatic rings. The third kappa shape index (κ3) is 3.80. The lowest BCUT2D eigenvalue weighted by atomic mass is 10.1. The molecule has 1 atom stereocenters. The summed E-state index contributed by atoms with van der Waals surface area (Å²) in [7, 11) is 1.87. The molecule has 1 unspecified atom stereocenters. The molecule has 1 aliphatic heterocycles. The zero-order chi connectivity index (χ0) is 23.1. The summed E-state index contributed by atoms with van der Waals surface area (Å²) in [6.07, 6.45) is 3.82. The van der Waals surface area contributed by atoms with Crippen LogP contribution in [0.1, 0.15) is 18.3 Å². The van der Waals surface area contributed by atoms with Crippen LogP contribution in [0.4, 0.5) is 11.6 Å². The molecule has 0 aliphatic carbocycles. The van der Waals surface area contributed by atoms with E-state index in [1.807, 2.05) is 60.0 Å². The Bertz CT molecular complexity index is 1500. The highest BCUT2D eigenvalue weighted by Gasteiger charge is 2.26. The van der Waals surface area contributed by atoms with Gasteiger partial charge in [0.05, 0.1) is 12.8 Å². The van der Waals surface area contributed by atoms with Gasteiger partial charge in [0.1, 0.15) is 17.4 Å². The van der Waals surface area contributed by atoms with Crippen LogP contribution in [0.5, 0.6) is 11.6 Å². The quantitative estimate of drug-likeness (QED) is 0.391. The Morgan fingerprint density at radius 2 is 2.00 bits per heavy atom. The van der Waals surface area contributed by atoms with Crippen molar-refractivity contribution >= 4 is 28.9 Å². The van der Waals surface area contributed by atoms with E-state index in [2.05, 4.69) is 25.6 Å². The topological polar surface area (TPSA) is 91.4 Å². The number of hydrogen-bond donors (Lipinski definition) is 1. The van der Waals surface area contributed by atoms with Gasteiger partial charge < -0.3 is 14.8 Å². The number of halogens is 1. The van der Waals surface area contributed by atoms with Crippen molar-refractivity contribution in [3.63, 3.8) is 0 Å². The summed E-state index contributed by atoms with van der Waals surface area (Å²) >= 11 is 6.12. The zero-order valence-corrected chi connectivity index (χ0v) is 19.0. The molecule has 0 spiro atoms. The van der Waals surface area contributed by atoms with E-state index < -0.39 is 0 Å². The van der Waals surface area contributed by atoms with Crippen molar-refractivity contribution in [1.82, 2.24) is 29.4 Å². The van der Waals surface area contributed by atoms with Crippen LogP contribution in [0, 0.1) is 0 Å². The van der Waals surface area contributed by atoms with Gasteiger partial charge in [0.25, 0.3) is 0 Å². The Kier molecular flexibility index (Phi) is 5.03. The van der Waals surface area contributed by atoms with E-state index in [1.54, 1.807) is 23.1 Å². The Labute approximate surface area is 199 Å². The summed E-state index contributed by atoms with van der Waals surface area (Å²) in [5, 5.41) is 16.9. The van der Waals surface area contributed by atoms with Gasteiger partial charge in [-0.05, 0) is 47.5 Å². The fourth-order valence-electron chi connectivity index (χ4n) is 4.01. The Hall–Kier alpha value is -4.11. The third-order valence-electron chi connectivity index (χ3n) is 5.66. The van der Waals surface area contributed by atoms with Crippen LogP contribution >= 0.6 is 11.6 Å². The maximum Gasteiger partial charge on any atom is 0.201 e. The molecule has 1 aliphatic rings. The van der Waals surface area contributed by atoms with Gasteiger partial charge in [-0.2, -0.15) is 5.10 Å². The molecule has 5 heterocycles. The molecule has 1 N–H and O–H groups in total. The zero-order valence-electron chi connectivity index (χ0n) is 18.2. The van der Waals surface area contributed by atoms with Crippen LogP contribution in [-0.4, -0.2) is 36.0 Å². The first-order chi connectivity index (χ1) is 16.6. The molecule has 0 saturated carbocycles. The van der Waals surface area contributed by atoms with Gasteiger partial charge in [-0.25, -0.2) is 9.38 Å². The summed E-state index contributed by atoms with van der Waals surface area (Å²) in [5.74, 6) is 3.61. The standard InChI is InChI=1S/C24H20ClN7O2/c1-31-21(6-9-27-31)28-20-11-15(5-8-26-20)16-12-22-29-30-24-19(7-10-33-23(13-16)32(22)24)34-18-4-2-3-17(25)14-18/h2-6,8-9,11-14,19H,7,10H2,1H3,(H,26,28). The van der Waals surface area contributed by atoms with Gasteiger partial charge in [0.2, 0.25) is 5.88 Å². The average Bonchev–Trinajstić information content (AvgIpc) is 3.40. The maximum absolute atomic E-state index is 6.20. The molecule has 34 heavy (non-hydrogen) atoms. The minimum Gasteiger partial charge on any atom is -0.482 e. The lowest BCUT2D eigenvalue weighted by Crippen LogP contribution is -2.11. The normalized spacial score (nSPS) is 15.1. The van der Waals surface area contributed by atoms with Gasteiger partial charge in [0.15, 0.2) is 17.6 Å². The first kappa shape index (κ1) is 20.5. The van der Waals surface area contributed by atoms with Crippen LogP contribution in [0.15, 0.2) is 67.0 Å². The van der Waals surface area contributed by atoms with E-state index in [-0.39, 0.29) is 6.10 Å². The van der Waals surface area contributed by atoms with Crippen LogP contribution in [0.25, 0.3) is 16.8 Å². The molecule has 10 heteroatoms. The van der Waals surface area contributed by atoms with Crippen LogP contribution in [0.3, 0.4) is 0 Å². The van der Waals surface area contributed by atoms with Crippen molar-refractivity contribution < 1.29 is 9.47 Å². The molecule has 9 nitrogen and oxygen atoms in total. The number of nitrogens with zero attached hydrogens (tertiary/aromatic N) is 6. The highest BCUT2D eigenvalue weighted by Crippen LogP contribution is 2.34. The molecule has 0 bridgehead atoms. The highest BCUT2D eigenvalue weighted by atomic mass is 35.5. The minimum absolute atomic E-state index is 0.309. The molecule has 4 aromatic heterocycles. The maximum atomic E-state index is 6.20. The number of anilines is 2. The number of ether oxygens (including phenoxy) is 2. The monoisotopic (exact) mass is 473 g/mol. The molecule has 1 aromatic carbocycles. The number of aryl methyl sites for hydroxylation is 1. The molecule has 6 rings (SSSR count). The second kappa shape index (κ2) is 8.35. The lowest BCUT2D eigenvalue weighted by molar-refractivity contribution is 0.166. The van der Waals surface area contributed by atoms with Crippen molar-refractivity contribution in [1.29, 1.82) is 0 Å². The summed E-state index contributed by atoms with van der Waals surface area (Å²) in [4.78, 5) is 4.43. The van der Waals surface area contributed by atoms with Crippen LogP contribution in [-0.2, 0) is 7.05 Å². The number of pyridine rings is 2. The van der Waals surface area contributed by atoms with Crippen LogP contribution < -0.4 is 14.8 Å². The van der Waals surface area contributed by atoms with E-state index in [4.69, 9.17) is 21.1 Å². The van der Waals surface area contributed by atoms with Gasteiger partial charge in [0, 0.05) is 36.8 Å². The number of benzene rings is 1. The average molecular weight is 474 g/mol. The second-order valence-corrected chi connectivity index (χ2v) is 8.37. The van der Waals surface area contributed by atoms with E-state index in [0.29, 0.717) is 47.0 Å². The Morgan fingerprint density at radius 1 is 1.06 bits per heavy atom. The van der Waals surface area contributed by atoms with Crippen LogP contribution in [0.2, 0.25) is 5.02 Å². The lowest BCUT2D eigenvalue weighted by Gasteiger charge is -2.15. The smallest absolute Gasteiger partial charge is 0.201 e. The highest BCUT2D eigenvalue weighted by molar-refractivity contribution is 6.30. The van der Waals surface area contributed by atoms with Crippen molar-refractivity contribution in [2.24, 2.45) is 7.05 Å². The first-order valence-corrected chi connectivity index (χ1v) is 11.2. The molecule has 0 fully saturated rings. The largest absolute Gasteiger partial charge is 0.482 e. The van der Waals surface area contributed by atoms with Crippen molar-refractivity contribution in [2.45, 2.75) is 12.5 Å². The number of aromatic nitrogens is 6. The summed E-state index contributed by atoms with van der Waals surface area (Å²) in [6.45, 7) is 0.483. The number of nitrogens with one attached hydrogen (secondary N) is 1. The predicted molar refractivity (Wildman–Crippen MR) is 128 cm³/mol. The Morgan fingerprint density at radius 3 is 2.85 bits per heavy atom. The summed E-state index contributed by atoms with van der Waals surface area (Å²) < 4.78 is 16.0. The molecule has 0 saturated heterocycles. The summed E-state index contributed by atoms with van der Waals surface area (Å²) in [5.41, 5.74) is 2.61. The van der Waals surface area contributed by atoms with E-state index in [1.165, 1.54) is 0 Å². The molecular formula is C24H20ClN7O2. The molecule has 0 amide bonds. The fraction of sp³-hybridized carbons (Fsp3) is 0.167. The van der Waals surface area contributed by atoms with Gasteiger partial charge in [-0.1, -0.05) is 17.7 Å². The van der Waals surface area contributed by atoms with E-state index in [0.717, 1.165) is 16.9 Å². The van der Waals surface area contributed by atoms with Crippen molar-refractivity contribution in [2.75, 3.05) is 11.9 Å². The summed E-state index contributed by atoms with van der Waals surface area (Å²) in [6, 6.07) is 17.1.